The van der Waals surface area contributed by atoms with Crippen LogP contribution in [-0.4, -0.2) is 62.9 Å². The maximum Gasteiger partial charge on any atom is 0.244 e. The Hall–Kier alpha value is -2.47. The van der Waals surface area contributed by atoms with Gasteiger partial charge >= 0.3 is 0 Å². The molecule has 2 heterocycles. The summed E-state index contributed by atoms with van der Waals surface area (Å²) < 4.78 is 34.1. The van der Waals surface area contributed by atoms with Crippen molar-refractivity contribution in [2.75, 3.05) is 49.6 Å². The van der Waals surface area contributed by atoms with Crippen LogP contribution < -0.4 is 14.9 Å². The lowest BCUT2D eigenvalue weighted by Gasteiger charge is -2.30. The third-order valence-electron chi connectivity index (χ3n) is 7.18. The zero-order valence-corrected chi connectivity index (χ0v) is 23.0. The number of sulfonamides is 1. The van der Waals surface area contributed by atoms with E-state index in [1.54, 1.807) is 6.07 Å². The van der Waals surface area contributed by atoms with Crippen molar-refractivity contribution in [3.8, 4) is 5.75 Å². The highest BCUT2D eigenvalue weighted by molar-refractivity contribution is 9.10. The number of rotatable bonds is 8. The van der Waals surface area contributed by atoms with Crippen molar-refractivity contribution in [2.24, 2.45) is 11.8 Å². The van der Waals surface area contributed by atoms with Crippen LogP contribution in [0.25, 0.3) is 10.9 Å². The highest BCUT2D eigenvalue weighted by Crippen LogP contribution is 2.31. The number of nitrogens with zero attached hydrogens (tertiary/aromatic N) is 3. The van der Waals surface area contributed by atoms with Crippen LogP contribution >= 0.6 is 15.9 Å². The van der Waals surface area contributed by atoms with Gasteiger partial charge in [-0.3, -0.25) is 0 Å². The number of halogens is 1. The predicted octanol–water partition coefficient (Wildman–Crippen LogP) is 4.13. The number of morpholine rings is 1. The molecular weight excluding hydrogens is 558 g/mol. The molecule has 0 atom stereocenters. The van der Waals surface area contributed by atoms with Gasteiger partial charge in [-0.15, -0.1) is 0 Å². The number of aromatic nitrogens is 2. The average molecular weight is 591 g/mol. The first-order chi connectivity index (χ1) is 17.9. The maximum atomic E-state index is 12.6. The molecular formula is C26H32BrN5O4S. The number of phenolic OH excluding ortho intramolecular Hbond substituents is 1. The molecule has 1 saturated carbocycles. The van der Waals surface area contributed by atoms with Gasteiger partial charge in [-0.2, -0.15) is 4.98 Å². The molecule has 2 aliphatic rings. The highest BCUT2D eigenvalue weighted by Gasteiger charge is 2.25. The van der Waals surface area contributed by atoms with Crippen molar-refractivity contribution in [3.63, 3.8) is 0 Å². The van der Waals surface area contributed by atoms with E-state index in [0.717, 1.165) is 62.0 Å². The van der Waals surface area contributed by atoms with E-state index in [2.05, 4.69) is 36.9 Å². The van der Waals surface area contributed by atoms with Crippen molar-refractivity contribution in [1.82, 2.24) is 14.7 Å². The van der Waals surface area contributed by atoms with Gasteiger partial charge in [-0.25, -0.2) is 18.1 Å². The fourth-order valence-electron chi connectivity index (χ4n) is 5.05. The van der Waals surface area contributed by atoms with Gasteiger partial charge in [0, 0.05) is 36.0 Å². The number of ether oxygens (including phenoxy) is 1. The Morgan fingerprint density at radius 3 is 2.43 bits per heavy atom. The van der Waals surface area contributed by atoms with Crippen LogP contribution in [0, 0.1) is 11.8 Å². The first kappa shape index (κ1) is 26.1. The molecule has 2 aromatic carbocycles. The van der Waals surface area contributed by atoms with Crippen molar-refractivity contribution >= 4 is 48.6 Å². The second kappa shape index (κ2) is 11.5. The number of nitrogens with one attached hydrogen (secondary N) is 2. The number of benzene rings is 2. The van der Waals surface area contributed by atoms with Crippen LogP contribution in [0.1, 0.15) is 25.7 Å². The summed E-state index contributed by atoms with van der Waals surface area (Å²) in [5.41, 5.74) is 0.925. The Morgan fingerprint density at radius 2 is 1.70 bits per heavy atom. The van der Waals surface area contributed by atoms with Gasteiger partial charge in [-0.05, 0) is 67.9 Å². The molecule has 198 valence electrons. The zero-order valence-electron chi connectivity index (χ0n) is 20.6. The molecule has 0 amide bonds. The SMILES string of the molecule is O=S(=O)(NCC1CCC(CNc2nc(N3CCOCC3)c3ccccc3n2)CC1)c1ccc(Br)cc1O. The second-order valence-corrected chi connectivity index (χ2v) is 12.4. The first-order valence-corrected chi connectivity index (χ1v) is 15.0. The highest BCUT2D eigenvalue weighted by atomic mass is 79.9. The number of phenols is 1. The molecule has 3 aromatic rings. The standard InChI is InChI=1S/C26H32BrN5O4S/c27-20-9-10-24(23(33)15-20)37(34,35)29-17-19-7-5-18(6-8-19)16-28-26-30-22-4-2-1-3-21(22)25(31-26)32-11-13-36-14-12-32/h1-4,9-10,15,18-19,29,33H,5-8,11-14,16-17H2,(H,28,30,31). The van der Waals surface area contributed by atoms with E-state index in [1.165, 1.54) is 12.1 Å². The summed E-state index contributed by atoms with van der Waals surface area (Å²) in [6.45, 7) is 4.18. The molecule has 5 rings (SSSR count). The van der Waals surface area contributed by atoms with E-state index < -0.39 is 10.0 Å². The summed E-state index contributed by atoms with van der Waals surface area (Å²) in [7, 11) is -3.76. The molecule has 0 spiro atoms. The molecule has 1 saturated heterocycles. The molecule has 1 aromatic heterocycles. The lowest BCUT2D eigenvalue weighted by Crippen LogP contribution is -2.37. The van der Waals surface area contributed by atoms with E-state index >= 15 is 0 Å². The third kappa shape index (κ3) is 6.34. The van der Waals surface area contributed by atoms with Crippen molar-refractivity contribution in [2.45, 2.75) is 30.6 Å². The minimum absolute atomic E-state index is 0.0968. The summed E-state index contributed by atoms with van der Waals surface area (Å²) in [4.78, 5) is 11.8. The Kier molecular flexibility index (Phi) is 8.13. The van der Waals surface area contributed by atoms with Crippen molar-refractivity contribution in [1.29, 1.82) is 0 Å². The van der Waals surface area contributed by atoms with Crippen LogP contribution in [0.3, 0.4) is 0 Å². The van der Waals surface area contributed by atoms with Crippen LogP contribution in [0.2, 0.25) is 0 Å². The molecule has 0 radical (unpaired) electrons. The lowest BCUT2D eigenvalue weighted by atomic mass is 9.82. The first-order valence-electron chi connectivity index (χ1n) is 12.7. The minimum atomic E-state index is -3.76. The normalized spacial score (nSPS) is 20.7. The number of hydrogen-bond donors (Lipinski definition) is 3. The van der Waals surface area contributed by atoms with E-state index in [0.29, 0.717) is 36.1 Å². The van der Waals surface area contributed by atoms with Gasteiger partial charge in [0.2, 0.25) is 16.0 Å². The topological polar surface area (TPSA) is 117 Å². The van der Waals surface area contributed by atoms with E-state index in [9.17, 15) is 13.5 Å². The van der Waals surface area contributed by atoms with E-state index in [-0.39, 0.29) is 16.6 Å². The Balaban J connectivity index is 1.15. The summed E-state index contributed by atoms with van der Waals surface area (Å²) in [5.74, 6) is 2.08. The molecule has 3 N–H and O–H groups in total. The van der Waals surface area contributed by atoms with Crippen LogP contribution in [-0.2, 0) is 14.8 Å². The zero-order chi connectivity index (χ0) is 25.8. The molecule has 9 nitrogen and oxygen atoms in total. The fraction of sp³-hybridized carbons (Fsp3) is 0.462. The fourth-order valence-corrected chi connectivity index (χ4v) is 6.59. The number of fused-ring (bicyclic) bond motifs is 1. The molecule has 11 heteroatoms. The molecule has 2 fully saturated rings. The van der Waals surface area contributed by atoms with Gasteiger partial charge in [0.05, 0.1) is 18.7 Å². The Labute approximate surface area is 225 Å². The smallest absolute Gasteiger partial charge is 0.244 e. The Bertz CT molecular complexity index is 1340. The predicted molar refractivity (Wildman–Crippen MR) is 148 cm³/mol. The number of para-hydroxylation sites is 1. The van der Waals surface area contributed by atoms with Crippen LogP contribution in [0.4, 0.5) is 11.8 Å². The van der Waals surface area contributed by atoms with Gasteiger partial charge in [-0.1, -0.05) is 28.1 Å². The average Bonchev–Trinajstić information content (AvgIpc) is 2.91. The van der Waals surface area contributed by atoms with Crippen LogP contribution in [0.15, 0.2) is 51.8 Å². The summed E-state index contributed by atoms with van der Waals surface area (Å²) in [6, 6.07) is 12.5. The molecule has 0 bridgehead atoms. The van der Waals surface area contributed by atoms with Crippen molar-refractivity contribution < 1.29 is 18.3 Å². The van der Waals surface area contributed by atoms with E-state index in [1.807, 2.05) is 18.2 Å². The minimum Gasteiger partial charge on any atom is -0.506 e. The second-order valence-electron chi connectivity index (χ2n) is 9.72. The summed E-state index contributed by atoms with van der Waals surface area (Å²) in [5, 5.41) is 14.5. The molecule has 0 unspecified atom stereocenters. The van der Waals surface area contributed by atoms with Crippen molar-refractivity contribution in [3.05, 3.63) is 46.9 Å². The molecule has 1 aliphatic carbocycles. The Morgan fingerprint density at radius 1 is 1.00 bits per heavy atom. The van der Waals surface area contributed by atoms with E-state index in [4.69, 9.17) is 14.7 Å². The quantitative estimate of drug-likeness (QED) is 0.359. The summed E-state index contributed by atoms with van der Waals surface area (Å²) in [6.07, 6.45) is 3.90. The largest absolute Gasteiger partial charge is 0.506 e. The molecule has 37 heavy (non-hydrogen) atoms. The maximum absolute atomic E-state index is 12.6. The van der Waals surface area contributed by atoms with Crippen LogP contribution in [0.5, 0.6) is 5.75 Å². The lowest BCUT2D eigenvalue weighted by molar-refractivity contribution is 0.122. The number of aromatic hydroxyl groups is 1. The molecule has 1 aliphatic heterocycles. The van der Waals surface area contributed by atoms with Gasteiger partial charge < -0.3 is 20.1 Å². The number of anilines is 2. The summed E-state index contributed by atoms with van der Waals surface area (Å²) >= 11 is 3.24. The number of hydrogen-bond acceptors (Lipinski definition) is 8. The van der Waals surface area contributed by atoms with Gasteiger partial charge in [0.1, 0.15) is 16.5 Å². The van der Waals surface area contributed by atoms with Gasteiger partial charge in [0.15, 0.2) is 0 Å². The third-order valence-corrected chi connectivity index (χ3v) is 9.15. The monoisotopic (exact) mass is 589 g/mol. The van der Waals surface area contributed by atoms with Gasteiger partial charge in [0.25, 0.3) is 0 Å².